The fourth-order valence-corrected chi connectivity index (χ4v) is 1.69. The van der Waals surface area contributed by atoms with Crippen molar-refractivity contribution < 1.29 is 5.11 Å². The third-order valence-corrected chi connectivity index (χ3v) is 2.46. The van der Waals surface area contributed by atoms with Gasteiger partial charge in [0.2, 0.25) is 0 Å². The van der Waals surface area contributed by atoms with E-state index in [4.69, 9.17) is 0 Å². The van der Waals surface area contributed by atoms with E-state index in [-0.39, 0.29) is 6.10 Å². The molecular weight excluding hydrogens is 150 g/mol. The minimum Gasteiger partial charge on any atom is -0.392 e. The van der Waals surface area contributed by atoms with Gasteiger partial charge in [-0.2, -0.15) is 0 Å². The minimum absolute atomic E-state index is 0.121. The highest BCUT2D eigenvalue weighted by Gasteiger charge is 2.21. The SMILES string of the molecule is C/C=C/CN[C@H]1CCCC[C@@H]1O. The lowest BCUT2D eigenvalue weighted by Crippen LogP contribution is -2.42. The zero-order chi connectivity index (χ0) is 8.81. The van der Waals surface area contributed by atoms with E-state index in [1.807, 2.05) is 13.0 Å². The van der Waals surface area contributed by atoms with Crippen LogP contribution in [0.4, 0.5) is 0 Å². The average molecular weight is 169 g/mol. The van der Waals surface area contributed by atoms with Crippen LogP contribution >= 0.6 is 0 Å². The maximum Gasteiger partial charge on any atom is 0.0693 e. The first-order chi connectivity index (χ1) is 5.84. The van der Waals surface area contributed by atoms with Crippen molar-refractivity contribution in [3.63, 3.8) is 0 Å². The van der Waals surface area contributed by atoms with Gasteiger partial charge in [-0.25, -0.2) is 0 Å². The lowest BCUT2D eigenvalue weighted by atomic mass is 9.93. The molecule has 1 saturated carbocycles. The molecule has 0 unspecified atom stereocenters. The van der Waals surface area contributed by atoms with Gasteiger partial charge in [0.25, 0.3) is 0 Å². The molecule has 0 bridgehead atoms. The van der Waals surface area contributed by atoms with E-state index < -0.39 is 0 Å². The molecule has 1 fully saturated rings. The van der Waals surface area contributed by atoms with Gasteiger partial charge in [-0.3, -0.25) is 0 Å². The number of allylic oxidation sites excluding steroid dienone is 1. The lowest BCUT2D eigenvalue weighted by molar-refractivity contribution is 0.0928. The molecule has 0 heterocycles. The summed E-state index contributed by atoms with van der Waals surface area (Å²) in [6, 6.07) is 0.329. The molecule has 0 aromatic rings. The van der Waals surface area contributed by atoms with Crippen molar-refractivity contribution in [2.45, 2.75) is 44.8 Å². The summed E-state index contributed by atoms with van der Waals surface area (Å²) in [4.78, 5) is 0. The number of nitrogens with one attached hydrogen (secondary N) is 1. The zero-order valence-corrected chi connectivity index (χ0v) is 7.79. The number of aliphatic hydroxyl groups excluding tert-OH is 1. The molecule has 1 rings (SSSR count). The van der Waals surface area contributed by atoms with Crippen molar-refractivity contribution in [1.82, 2.24) is 5.32 Å². The standard InChI is InChI=1S/C10H19NO/c1-2-3-8-11-9-6-4-5-7-10(9)12/h2-3,9-12H,4-8H2,1H3/b3-2+/t9-,10-/m0/s1. The second-order valence-corrected chi connectivity index (χ2v) is 3.44. The van der Waals surface area contributed by atoms with Gasteiger partial charge in [0.05, 0.1) is 6.10 Å². The summed E-state index contributed by atoms with van der Waals surface area (Å²) >= 11 is 0. The van der Waals surface area contributed by atoms with Crippen LogP contribution in [0.2, 0.25) is 0 Å². The first-order valence-electron chi connectivity index (χ1n) is 4.87. The molecule has 2 N–H and O–H groups in total. The molecule has 0 spiro atoms. The van der Waals surface area contributed by atoms with Crippen molar-refractivity contribution in [3.8, 4) is 0 Å². The van der Waals surface area contributed by atoms with Crippen LogP contribution < -0.4 is 5.32 Å². The Morgan fingerprint density at radius 1 is 1.42 bits per heavy atom. The van der Waals surface area contributed by atoms with E-state index in [0.29, 0.717) is 6.04 Å². The molecule has 0 aromatic heterocycles. The molecule has 12 heavy (non-hydrogen) atoms. The van der Waals surface area contributed by atoms with Crippen LogP contribution in [0.1, 0.15) is 32.6 Å². The number of hydrogen-bond acceptors (Lipinski definition) is 2. The molecule has 2 nitrogen and oxygen atoms in total. The van der Waals surface area contributed by atoms with E-state index in [0.717, 1.165) is 19.4 Å². The largest absolute Gasteiger partial charge is 0.392 e. The van der Waals surface area contributed by atoms with Gasteiger partial charge in [0.1, 0.15) is 0 Å². The van der Waals surface area contributed by atoms with Crippen LogP contribution in [-0.4, -0.2) is 23.8 Å². The highest BCUT2D eigenvalue weighted by atomic mass is 16.3. The molecule has 2 heteroatoms. The first-order valence-corrected chi connectivity index (χ1v) is 4.87. The normalized spacial score (nSPS) is 31.2. The number of hydrogen-bond donors (Lipinski definition) is 2. The van der Waals surface area contributed by atoms with Crippen molar-refractivity contribution in [2.24, 2.45) is 0 Å². The Morgan fingerprint density at radius 2 is 2.17 bits per heavy atom. The average Bonchev–Trinajstić information content (AvgIpc) is 2.09. The van der Waals surface area contributed by atoms with Gasteiger partial charge in [-0.15, -0.1) is 0 Å². The van der Waals surface area contributed by atoms with Crippen LogP contribution in [0.5, 0.6) is 0 Å². The van der Waals surface area contributed by atoms with Crippen LogP contribution in [0.3, 0.4) is 0 Å². The molecule has 0 aliphatic heterocycles. The molecule has 70 valence electrons. The van der Waals surface area contributed by atoms with Crippen LogP contribution in [0, 0.1) is 0 Å². The van der Waals surface area contributed by atoms with E-state index in [9.17, 15) is 5.11 Å². The van der Waals surface area contributed by atoms with Gasteiger partial charge >= 0.3 is 0 Å². The molecule has 0 aromatic carbocycles. The fourth-order valence-electron chi connectivity index (χ4n) is 1.69. The summed E-state index contributed by atoms with van der Waals surface area (Å²) in [5.41, 5.74) is 0. The topological polar surface area (TPSA) is 32.3 Å². The summed E-state index contributed by atoms with van der Waals surface area (Å²) in [5, 5.41) is 12.9. The summed E-state index contributed by atoms with van der Waals surface area (Å²) in [7, 11) is 0. The van der Waals surface area contributed by atoms with Crippen LogP contribution in [0.25, 0.3) is 0 Å². The lowest BCUT2D eigenvalue weighted by Gasteiger charge is -2.27. The van der Waals surface area contributed by atoms with E-state index in [1.165, 1.54) is 12.8 Å². The molecule has 0 saturated heterocycles. The van der Waals surface area contributed by atoms with Gasteiger partial charge in [-0.05, 0) is 19.8 Å². The van der Waals surface area contributed by atoms with Gasteiger partial charge in [0, 0.05) is 12.6 Å². The predicted molar refractivity (Wildman–Crippen MR) is 51.1 cm³/mol. The van der Waals surface area contributed by atoms with E-state index in [1.54, 1.807) is 0 Å². The smallest absolute Gasteiger partial charge is 0.0693 e. The first kappa shape index (κ1) is 9.75. The molecule has 0 amide bonds. The highest BCUT2D eigenvalue weighted by Crippen LogP contribution is 2.17. The Labute approximate surface area is 74.7 Å². The quantitative estimate of drug-likeness (QED) is 0.627. The fraction of sp³-hybridized carbons (Fsp3) is 0.800. The molecule has 2 atom stereocenters. The van der Waals surface area contributed by atoms with Crippen molar-refractivity contribution >= 4 is 0 Å². The second-order valence-electron chi connectivity index (χ2n) is 3.44. The Bertz CT molecular complexity index is 145. The van der Waals surface area contributed by atoms with Crippen LogP contribution in [0.15, 0.2) is 12.2 Å². The van der Waals surface area contributed by atoms with Crippen molar-refractivity contribution in [3.05, 3.63) is 12.2 Å². The predicted octanol–water partition coefficient (Wildman–Crippen LogP) is 1.46. The Balaban J connectivity index is 2.20. The third-order valence-electron chi connectivity index (χ3n) is 2.46. The van der Waals surface area contributed by atoms with Crippen molar-refractivity contribution in [2.75, 3.05) is 6.54 Å². The zero-order valence-electron chi connectivity index (χ0n) is 7.79. The Morgan fingerprint density at radius 3 is 2.83 bits per heavy atom. The Kier molecular flexibility index (Phi) is 4.33. The van der Waals surface area contributed by atoms with Crippen LogP contribution in [-0.2, 0) is 0 Å². The number of rotatable bonds is 3. The Hall–Kier alpha value is -0.340. The summed E-state index contributed by atoms with van der Waals surface area (Å²) in [6.07, 6.45) is 8.52. The number of aliphatic hydroxyl groups is 1. The minimum atomic E-state index is -0.121. The summed E-state index contributed by atoms with van der Waals surface area (Å²) in [6.45, 7) is 2.90. The third kappa shape index (κ3) is 2.95. The highest BCUT2D eigenvalue weighted by molar-refractivity contribution is 4.85. The molecular formula is C10H19NO. The second kappa shape index (κ2) is 5.33. The van der Waals surface area contributed by atoms with Gasteiger partial charge < -0.3 is 10.4 Å². The van der Waals surface area contributed by atoms with E-state index in [2.05, 4.69) is 11.4 Å². The van der Waals surface area contributed by atoms with E-state index >= 15 is 0 Å². The molecule has 1 aliphatic carbocycles. The maximum atomic E-state index is 9.58. The van der Waals surface area contributed by atoms with Gasteiger partial charge in [0.15, 0.2) is 0 Å². The molecule has 1 aliphatic rings. The summed E-state index contributed by atoms with van der Waals surface area (Å²) in [5.74, 6) is 0. The summed E-state index contributed by atoms with van der Waals surface area (Å²) < 4.78 is 0. The maximum absolute atomic E-state index is 9.58. The monoisotopic (exact) mass is 169 g/mol. The molecule has 0 radical (unpaired) electrons. The van der Waals surface area contributed by atoms with Gasteiger partial charge in [-0.1, -0.05) is 25.0 Å². The van der Waals surface area contributed by atoms with Crippen molar-refractivity contribution in [1.29, 1.82) is 0 Å².